The van der Waals surface area contributed by atoms with E-state index in [9.17, 15) is 36.8 Å². The number of methoxy groups -OCH3 is 1. The summed E-state index contributed by atoms with van der Waals surface area (Å²) in [4.78, 5) is 33.7. The van der Waals surface area contributed by atoms with Crippen molar-refractivity contribution in [2.24, 2.45) is 42.6 Å². The van der Waals surface area contributed by atoms with Crippen LogP contribution in [0.25, 0.3) is 0 Å². The summed E-state index contributed by atoms with van der Waals surface area (Å²) < 4.78 is 66.0. The van der Waals surface area contributed by atoms with Gasteiger partial charge in [0.15, 0.2) is 7.05 Å². The quantitative estimate of drug-likeness (QED) is 0.142. The SMILES string of the molecule is C#CC(C)(C)C.CC(C)(C)C(C)(C)O.CC(C)(C)CNC(N)=O.CC(C)(C)COc1ccccc1.CC(C)(C)N=S(C)(=O)[O-].CC(C)(C)S(=O)(=O)N1CCCCC1.COC(=O)C(C)(C)C.C[C@H]1CN(CC(C)(C)C)C[C@H](C)O1.C[N+](=O)C(C)(C)C. The van der Waals surface area contributed by atoms with E-state index in [1.807, 2.05) is 148 Å². The molecule has 2 aliphatic heterocycles. The molecule has 1 unspecified atom stereocenters. The van der Waals surface area contributed by atoms with Gasteiger partial charge in [0.25, 0.3) is 0 Å². The first-order valence-electron chi connectivity index (χ1n) is 29.9. The summed E-state index contributed by atoms with van der Waals surface area (Å²) in [7, 11) is -3.30. The van der Waals surface area contributed by atoms with E-state index in [-0.39, 0.29) is 38.6 Å². The minimum atomic E-state index is -3.16. The molecule has 3 rings (SSSR count). The summed E-state index contributed by atoms with van der Waals surface area (Å²) in [6, 6.07) is 9.46. The number of primary amides is 1. The van der Waals surface area contributed by atoms with Crippen LogP contribution in [0, 0.1) is 49.7 Å². The van der Waals surface area contributed by atoms with Crippen LogP contribution in [0.5, 0.6) is 5.75 Å². The topological polar surface area (TPSA) is 233 Å². The van der Waals surface area contributed by atoms with E-state index in [0.29, 0.717) is 37.3 Å². The number of nitrogens with zero attached hydrogens (tertiary/aromatic N) is 4. The van der Waals surface area contributed by atoms with Gasteiger partial charge in [-0.05, 0) is 172 Å². The molecule has 0 bridgehead atoms. The Labute approximate surface area is 524 Å². The van der Waals surface area contributed by atoms with Crippen LogP contribution in [0.15, 0.2) is 34.7 Å². The number of nitrogens with two attached hydrogens (primary N) is 1. The molecule has 3 atom stereocenters. The van der Waals surface area contributed by atoms with E-state index >= 15 is 0 Å². The number of amides is 2. The van der Waals surface area contributed by atoms with Gasteiger partial charge >= 0.3 is 12.0 Å². The van der Waals surface area contributed by atoms with Crippen molar-refractivity contribution in [2.75, 3.05) is 66.3 Å². The Balaban J connectivity index is -0.000000209. The number of urea groups is 1. The number of nitrogens with one attached hydrogen (secondary N) is 1. The largest absolute Gasteiger partial charge is 0.764 e. The van der Waals surface area contributed by atoms with E-state index < -0.39 is 42.0 Å². The van der Waals surface area contributed by atoms with Crippen molar-refractivity contribution in [3.63, 3.8) is 0 Å². The lowest BCUT2D eigenvalue weighted by atomic mass is 9.79. The number of morpholine rings is 1. The second kappa shape index (κ2) is 39.6. The Morgan fingerprint density at radius 3 is 1.33 bits per heavy atom. The maximum atomic E-state index is 11.9. The standard InChI is InChI=1S/C11H23NO.C11H16O.C9H19NO2S.C7H16O.C6H14N2O.C6H12O2.C6H10.C5H13NO2S.C5H12NO/c1-9-6-12(7-10(2)13-9)8-11(3,4)5;1-11(2,3)9-12-10-7-5-4-6-8-10;1-9(2,3)13(11,12)10-7-5-4-6-8-10;1-6(2,3)7(4,5)8;1-6(2,3)4-8-5(7)9;1-6(2,3)5(7)8-4;1-5-6(2,3)4;1-5(2,3)6-9(4,7)8;1-5(2,3)6(4)7/h9-10H,6-8H2,1-5H3;4-8H,9H2,1-3H3;4-8H2,1-3H3;8H,1-5H3;4H2,1-3H3,(H3,7,8,9);1-4H3;1H,2-4H3;1-4H3,(H,6,7,8);1-4H3/q;;;;;;;;+1/p-1/t9-,10-;;;;;;;;/m0......../s1. The number of hydrogen-bond donors (Lipinski definition) is 3. The summed E-state index contributed by atoms with van der Waals surface area (Å²) in [5.41, 5.74) is 4.05. The van der Waals surface area contributed by atoms with Crippen LogP contribution in [-0.4, -0.2) is 148 Å². The molecule has 19 heteroatoms. The molecule has 0 aliphatic carbocycles. The molecule has 2 amide bonds. The molecule has 0 saturated carbocycles. The lowest BCUT2D eigenvalue weighted by Crippen LogP contribution is -2.48. The van der Waals surface area contributed by atoms with Crippen molar-refractivity contribution in [3.05, 3.63) is 35.2 Å². The number of sulfonamides is 1. The predicted molar refractivity (Wildman–Crippen MR) is 360 cm³/mol. The third-order valence-corrected chi connectivity index (χ3v) is 14.8. The Kier molecular flexibility index (Phi) is 43.2. The maximum absolute atomic E-state index is 11.9. The van der Waals surface area contributed by atoms with E-state index in [4.69, 9.17) is 21.6 Å². The molecular formula is C66H134N6O11S2. The zero-order valence-corrected chi connectivity index (χ0v) is 62.5. The number of rotatable bonds is 5. The lowest BCUT2D eigenvalue weighted by Gasteiger charge is -2.38. The highest BCUT2D eigenvalue weighted by molar-refractivity contribution is 7.90. The molecular weight excluding hydrogens is 1120 g/mol. The van der Waals surface area contributed by atoms with E-state index in [1.165, 1.54) is 20.7 Å². The average molecular weight is 1250 g/mol. The van der Waals surface area contributed by atoms with E-state index in [1.54, 1.807) is 45.8 Å². The highest BCUT2D eigenvalue weighted by atomic mass is 32.2. The number of hydrogen-bond acceptors (Lipinski definition) is 13. The minimum Gasteiger partial charge on any atom is -0.764 e. The molecule has 1 aromatic carbocycles. The number of esters is 1. The molecule has 85 heavy (non-hydrogen) atoms. The van der Waals surface area contributed by atoms with Crippen LogP contribution >= 0.6 is 0 Å². The molecule has 2 saturated heterocycles. The van der Waals surface area contributed by atoms with Crippen LogP contribution in [0.2, 0.25) is 0 Å². The van der Waals surface area contributed by atoms with Gasteiger partial charge in [0.1, 0.15) is 5.75 Å². The van der Waals surface area contributed by atoms with E-state index in [0.717, 1.165) is 55.7 Å². The van der Waals surface area contributed by atoms with Crippen molar-refractivity contribution in [1.29, 1.82) is 0 Å². The lowest BCUT2D eigenvalue weighted by molar-refractivity contribution is -0.590. The fraction of sp³-hybridized carbons (Fsp3) is 0.848. The van der Waals surface area contributed by atoms with Crippen molar-refractivity contribution in [2.45, 2.75) is 268 Å². The molecule has 4 N–H and O–H groups in total. The number of nitroso groups, excluding NO2 is 1. The van der Waals surface area contributed by atoms with Crippen LogP contribution in [-0.2, 0) is 34.3 Å². The van der Waals surface area contributed by atoms with Crippen LogP contribution in [0.1, 0.15) is 234 Å². The van der Waals surface area contributed by atoms with Gasteiger partial charge in [0, 0.05) is 76.6 Å². The van der Waals surface area contributed by atoms with E-state index in [2.05, 4.69) is 80.6 Å². The predicted octanol–water partition coefficient (Wildman–Crippen LogP) is 14.4. The van der Waals surface area contributed by atoms with Gasteiger partial charge in [-0.2, -0.15) is 0 Å². The first-order valence-corrected chi connectivity index (χ1v) is 33.2. The Bertz CT molecular complexity index is 2220. The van der Waals surface area contributed by atoms with Gasteiger partial charge in [-0.3, -0.25) is 13.9 Å². The minimum absolute atomic E-state index is 0.00694. The van der Waals surface area contributed by atoms with Crippen molar-refractivity contribution in [3.8, 4) is 18.1 Å². The van der Waals surface area contributed by atoms with Gasteiger partial charge in [-0.25, -0.2) is 21.9 Å². The fourth-order valence-electron chi connectivity index (χ4n) is 5.55. The summed E-state index contributed by atoms with van der Waals surface area (Å²) in [6.45, 7) is 67.2. The number of terminal acetylenes is 1. The molecule has 2 aliphatic rings. The van der Waals surface area contributed by atoms with Crippen LogP contribution in [0.4, 0.5) is 4.79 Å². The highest BCUT2D eigenvalue weighted by Gasteiger charge is 2.35. The van der Waals surface area contributed by atoms with Crippen LogP contribution < -0.4 is 15.8 Å². The number of carbonyl (C=O) groups excluding carboxylic acids is 2. The fourth-order valence-corrected chi connectivity index (χ4v) is 8.06. The summed E-state index contributed by atoms with van der Waals surface area (Å²) in [5, 5.41) is 11.9. The molecule has 2 heterocycles. The highest BCUT2D eigenvalue weighted by Crippen LogP contribution is 2.29. The number of piperidine rings is 1. The third kappa shape index (κ3) is 63.5. The van der Waals surface area contributed by atoms with Crippen LogP contribution in [0.3, 0.4) is 0 Å². The second-order valence-electron chi connectivity index (χ2n) is 32.1. The number of benzene rings is 1. The van der Waals surface area contributed by atoms with Gasteiger partial charge in [-0.15, -0.1) is 12.3 Å². The third-order valence-electron chi connectivity index (χ3n) is 11.3. The number of para-hydroxylation sites is 1. The molecule has 2 fully saturated rings. The Morgan fingerprint density at radius 1 is 0.753 bits per heavy atom. The molecule has 17 nitrogen and oxygen atoms in total. The summed E-state index contributed by atoms with van der Waals surface area (Å²) in [6.07, 6.45) is 10.1. The molecule has 0 radical (unpaired) electrons. The average Bonchev–Trinajstić information content (AvgIpc) is 3.25. The zero-order valence-electron chi connectivity index (χ0n) is 60.9. The molecule has 0 spiro atoms. The first-order chi connectivity index (χ1) is 37.2. The summed E-state index contributed by atoms with van der Waals surface area (Å²) in [5.74, 6) is 3.39. The van der Waals surface area contributed by atoms with Gasteiger partial charge in [0.05, 0.1) is 47.2 Å². The molecule has 506 valence electrons. The van der Waals surface area contributed by atoms with Crippen molar-refractivity contribution < 1.29 is 50.8 Å². The van der Waals surface area contributed by atoms with Crippen molar-refractivity contribution in [1.82, 2.24) is 14.5 Å². The van der Waals surface area contributed by atoms with Gasteiger partial charge < -0.3 is 34.9 Å². The molecule has 1 aromatic rings. The normalized spacial score (nSPS) is 17.0. The first kappa shape index (κ1) is 92.8. The second-order valence-corrected chi connectivity index (χ2v) is 36.5. The smallest absolute Gasteiger partial charge is 0.312 e. The summed E-state index contributed by atoms with van der Waals surface area (Å²) >= 11 is 0. The van der Waals surface area contributed by atoms with Gasteiger partial charge in [0.2, 0.25) is 15.6 Å². The number of ether oxygens (including phenoxy) is 3. The van der Waals surface area contributed by atoms with Gasteiger partial charge in [-0.1, -0.05) is 108 Å². The Morgan fingerprint density at radius 2 is 1.13 bits per heavy atom. The number of aliphatic hydroxyl groups is 1. The zero-order chi connectivity index (χ0) is 69.5. The van der Waals surface area contributed by atoms with Crippen molar-refractivity contribution >= 4 is 32.0 Å². The monoisotopic (exact) mass is 1250 g/mol. The number of carbonyl (C=O) groups is 2. The molecule has 0 aromatic heterocycles. The maximum Gasteiger partial charge on any atom is 0.312 e. The Hall–Kier alpha value is -3.38.